The van der Waals surface area contributed by atoms with Gasteiger partial charge in [0.05, 0.1) is 60.2 Å². The maximum absolute atomic E-state index is 14.7. The van der Waals surface area contributed by atoms with Gasteiger partial charge in [0.2, 0.25) is 0 Å². The average Bonchev–Trinajstić information content (AvgIpc) is 4.27. The van der Waals surface area contributed by atoms with E-state index in [9.17, 15) is 18.4 Å². The molecule has 362 valence electrons. The molecule has 3 unspecified atom stereocenters. The highest BCUT2D eigenvalue weighted by atomic mass is 32.1. The van der Waals surface area contributed by atoms with Gasteiger partial charge >= 0.3 is 12.2 Å². The van der Waals surface area contributed by atoms with Crippen LogP contribution in [0.5, 0.6) is 0 Å². The number of rotatable bonds is 10. The molecule has 0 bridgehead atoms. The van der Waals surface area contributed by atoms with E-state index in [4.69, 9.17) is 9.47 Å². The molecule has 2 aliphatic rings. The number of fused-ring (bicyclic) bond motifs is 4. The standard InChI is InChI=1S/C27H23FN4O2S2.C27H21FN4O2S2/c2*1-16-18(8-10-32(16)27(33)34-14-17-5-3-2-4-6-17)24-11-19-21(7-9-29-26(19)36-24)31-22-13-23-25(12-20(22)28)35-15-30-23/h2-7,9,11-13,15-16,18H,8,10,14H2,1H3,(H,29,31);2-9,11-13,15-16H,10,14H2,1H3,(H,29,31). The Morgan fingerprint density at radius 2 is 1.19 bits per heavy atom. The number of amides is 2. The average molecular weight is 1040 g/mol. The van der Waals surface area contributed by atoms with Crippen molar-refractivity contribution in [1.82, 2.24) is 29.7 Å². The highest BCUT2D eigenvalue weighted by Crippen LogP contribution is 2.43. The van der Waals surface area contributed by atoms with E-state index in [1.807, 2.05) is 84.6 Å². The van der Waals surface area contributed by atoms with Gasteiger partial charge in [0.1, 0.15) is 34.5 Å². The Labute approximate surface area is 428 Å². The number of carbonyl (C=O) groups is 2. The number of ether oxygens (including phenoxy) is 2. The van der Waals surface area contributed by atoms with Gasteiger partial charge in [-0.05, 0) is 85.5 Å². The predicted molar refractivity (Wildman–Crippen MR) is 286 cm³/mol. The first kappa shape index (κ1) is 47.0. The molecule has 0 spiro atoms. The summed E-state index contributed by atoms with van der Waals surface area (Å²) in [6.45, 7) is 5.69. The molecule has 1 fully saturated rings. The van der Waals surface area contributed by atoms with Crippen molar-refractivity contribution >= 4 is 127 Å². The van der Waals surface area contributed by atoms with Crippen LogP contribution in [0.2, 0.25) is 0 Å². The van der Waals surface area contributed by atoms with Crippen LogP contribution in [-0.2, 0) is 22.7 Å². The molecular formula is C54H44F2N8O4S4. The zero-order chi connectivity index (χ0) is 49.3. The third kappa shape index (κ3) is 9.69. The molecule has 0 aliphatic carbocycles. The van der Waals surface area contributed by atoms with E-state index >= 15 is 0 Å². The fourth-order valence-corrected chi connectivity index (χ4v) is 12.9. The Morgan fingerprint density at radius 3 is 1.78 bits per heavy atom. The molecule has 3 atom stereocenters. The minimum Gasteiger partial charge on any atom is -0.445 e. The van der Waals surface area contributed by atoms with Crippen molar-refractivity contribution in [3.63, 3.8) is 0 Å². The number of benzene rings is 4. The summed E-state index contributed by atoms with van der Waals surface area (Å²) >= 11 is 6.00. The van der Waals surface area contributed by atoms with Gasteiger partial charge in [-0.3, -0.25) is 4.90 Å². The zero-order valence-electron chi connectivity index (χ0n) is 38.8. The molecule has 4 aromatic carbocycles. The number of thiophene rings is 2. The Morgan fingerprint density at radius 1 is 0.653 bits per heavy atom. The molecule has 8 heterocycles. The van der Waals surface area contributed by atoms with E-state index in [1.54, 1.807) is 63.1 Å². The second kappa shape index (κ2) is 20.4. The summed E-state index contributed by atoms with van der Waals surface area (Å²) in [5.74, 6) is -0.463. The third-order valence-electron chi connectivity index (χ3n) is 13.0. The first-order valence-corrected chi connectivity index (χ1v) is 26.5. The largest absolute Gasteiger partial charge is 0.445 e. The summed E-state index contributed by atoms with van der Waals surface area (Å²) < 4.78 is 42.2. The summed E-state index contributed by atoms with van der Waals surface area (Å²) in [6.07, 6.45) is 5.73. The molecule has 2 aliphatic heterocycles. The number of thiazole rings is 2. The number of halogens is 2. The van der Waals surface area contributed by atoms with Crippen LogP contribution < -0.4 is 10.6 Å². The predicted octanol–water partition coefficient (Wildman–Crippen LogP) is 14.5. The molecule has 6 aromatic heterocycles. The van der Waals surface area contributed by atoms with Crippen molar-refractivity contribution in [3.8, 4) is 0 Å². The number of hydrogen-bond donors (Lipinski definition) is 2. The second-order valence-electron chi connectivity index (χ2n) is 17.4. The van der Waals surface area contributed by atoms with Crippen LogP contribution in [0.25, 0.3) is 46.4 Å². The minimum atomic E-state index is -0.341. The van der Waals surface area contributed by atoms with Crippen LogP contribution in [0.1, 0.15) is 47.1 Å². The topological polar surface area (TPSA) is 135 Å². The first-order valence-electron chi connectivity index (χ1n) is 23.1. The molecule has 10 aromatic rings. The van der Waals surface area contributed by atoms with E-state index in [0.29, 0.717) is 24.5 Å². The van der Waals surface area contributed by atoms with Crippen LogP contribution in [0.15, 0.2) is 139 Å². The third-order valence-corrected chi connectivity index (χ3v) is 16.8. The molecule has 2 N–H and O–H groups in total. The van der Waals surface area contributed by atoms with Gasteiger partial charge in [-0.1, -0.05) is 66.7 Å². The van der Waals surface area contributed by atoms with Gasteiger partial charge in [-0.15, -0.1) is 45.3 Å². The van der Waals surface area contributed by atoms with Crippen molar-refractivity contribution in [2.75, 3.05) is 23.7 Å². The van der Waals surface area contributed by atoms with Crippen LogP contribution in [0.3, 0.4) is 0 Å². The highest BCUT2D eigenvalue weighted by molar-refractivity contribution is 7.20. The lowest BCUT2D eigenvalue weighted by molar-refractivity contribution is 0.0932. The zero-order valence-corrected chi connectivity index (χ0v) is 42.0. The number of carbonyl (C=O) groups excluding carboxylic acids is 2. The Bertz CT molecular complexity index is 3590. The molecule has 18 heteroatoms. The number of nitrogens with one attached hydrogen (secondary N) is 2. The maximum atomic E-state index is 14.7. The van der Waals surface area contributed by atoms with Gasteiger partial charge in [0, 0.05) is 58.0 Å². The Kier molecular flexibility index (Phi) is 13.3. The van der Waals surface area contributed by atoms with Crippen molar-refractivity contribution in [3.05, 3.63) is 171 Å². The van der Waals surface area contributed by atoms with Gasteiger partial charge in [0.25, 0.3) is 0 Å². The molecule has 12 nitrogen and oxygen atoms in total. The monoisotopic (exact) mass is 1030 g/mol. The van der Waals surface area contributed by atoms with Gasteiger partial charge in [-0.25, -0.2) is 38.3 Å². The van der Waals surface area contributed by atoms with E-state index < -0.39 is 0 Å². The number of pyridine rings is 2. The normalized spacial score (nSPS) is 16.6. The van der Waals surface area contributed by atoms with Crippen LogP contribution in [0.4, 0.5) is 41.1 Å². The molecule has 12 rings (SSSR count). The smallest absolute Gasteiger partial charge is 0.410 e. The van der Waals surface area contributed by atoms with Crippen molar-refractivity contribution < 1.29 is 27.8 Å². The highest BCUT2D eigenvalue weighted by Gasteiger charge is 2.37. The second-order valence-corrected chi connectivity index (χ2v) is 21.2. The van der Waals surface area contributed by atoms with Crippen LogP contribution in [-0.4, -0.2) is 67.1 Å². The summed E-state index contributed by atoms with van der Waals surface area (Å²) in [7, 11) is 0. The lowest BCUT2D eigenvalue weighted by Crippen LogP contribution is -2.35. The SMILES string of the molecule is CC1C(c2cc3c(Nc4cc5ncsc5cc4F)ccnc3s2)=CCN1C(=O)OCc1ccccc1.CC1C(c2cc3c(Nc4cc5ncsc5cc4F)ccnc3s2)CCN1C(=O)OCc1ccccc1. The number of aromatic nitrogens is 4. The molecule has 2 amide bonds. The first-order chi connectivity index (χ1) is 35.1. The molecule has 72 heavy (non-hydrogen) atoms. The van der Waals surface area contributed by atoms with E-state index in [0.717, 1.165) is 85.1 Å². The molecule has 0 radical (unpaired) electrons. The van der Waals surface area contributed by atoms with E-state index in [1.165, 1.54) is 34.8 Å². The fourth-order valence-electron chi connectivity index (χ4n) is 9.09. The lowest BCUT2D eigenvalue weighted by Gasteiger charge is -2.23. The Balaban J connectivity index is 0.000000156. The lowest BCUT2D eigenvalue weighted by atomic mass is 9.99. The number of anilines is 4. The fraction of sp³-hybridized carbons (Fsp3) is 0.185. The van der Waals surface area contributed by atoms with Gasteiger partial charge in [-0.2, -0.15) is 0 Å². The minimum absolute atomic E-state index is 0.00209. The number of likely N-dealkylation sites (tertiary alicyclic amines) is 1. The molecule has 0 saturated carbocycles. The quantitative estimate of drug-likeness (QED) is 0.136. The van der Waals surface area contributed by atoms with Crippen molar-refractivity contribution in [2.45, 2.75) is 51.5 Å². The van der Waals surface area contributed by atoms with Crippen molar-refractivity contribution in [1.29, 1.82) is 0 Å². The van der Waals surface area contributed by atoms with Gasteiger partial charge < -0.3 is 25.0 Å². The summed E-state index contributed by atoms with van der Waals surface area (Å²) in [6, 6.07) is 33.5. The van der Waals surface area contributed by atoms with Crippen LogP contribution >= 0.6 is 45.3 Å². The van der Waals surface area contributed by atoms with E-state index in [2.05, 4.69) is 55.7 Å². The van der Waals surface area contributed by atoms with Crippen LogP contribution in [0, 0.1) is 11.6 Å². The van der Waals surface area contributed by atoms with Crippen molar-refractivity contribution in [2.24, 2.45) is 0 Å². The summed E-state index contributed by atoms with van der Waals surface area (Å²) in [5.41, 5.74) is 10.2. The van der Waals surface area contributed by atoms with E-state index in [-0.39, 0.29) is 55.0 Å². The Hall–Kier alpha value is -7.38. The number of nitrogens with zero attached hydrogens (tertiary/aromatic N) is 6. The van der Waals surface area contributed by atoms with Gasteiger partial charge in [0.15, 0.2) is 0 Å². The number of hydrogen-bond acceptors (Lipinski definition) is 14. The summed E-state index contributed by atoms with van der Waals surface area (Å²) in [5, 5.41) is 8.30. The summed E-state index contributed by atoms with van der Waals surface area (Å²) in [4.78, 5) is 50.6. The molecular weight excluding hydrogens is 991 g/mol. The molecule has 1 saturated heterocycles. The maximum Gasteiger partial charge on any atom is 0.410 e.